The van der Waals surface area contributed by atoms with Crippen LogP contribution in [0.1, 0.15) is 28.1 Å². The number of nitrogens with one attached hydrogen (secondary N) is 1. The van der Waals surface area contributed by atoms with Crippen LogP contribution in [0.5, 0.6) is 0 Å². The van der Waals surface area contributed by atoms with E-state index in [-0.39, 0.29) is 6.41 Å². The Balaban J connectivity index is 0.000000967. The van der Waals surface area contributed by atoms with Gasteiger partial charge in [0, 0.05) is 43.1 Å². The smallest absolute Gasteiger partial charge is 0.204 e. The van der Waals surface area contributed by atoms with Crippen molar-refractivity contribution < 1.29 is 4.79 Å². The van der Waals surface area contributed by atoms with E-state index in [1.165, 1.54) is 58.0 Å². The van der Waals surface area contributed by atoms with Gasteiger partial charge in [0.05, 0.1) is 0 Å². The first kappa shape index (κ1) is 25.7. The van der Waals surface area contributed by atoms with Crippen LogP contribution in [-0.4, -0.2) is 51.1 Å². The number of primary amides is 1. The second-order valence-corrected chi connectivity index (χ2v) is 10.2. The van der Waals surface area contributed by atoms with Gasteiger partial charge in [-0.25, -0.2) is 4.98 Å². The first-order chi connectivity index (χ1) is 17.6. The Morgan fingerprint density at radius 3 is 2.36 bits per heavy atom. The molecular formula is C29H33N5OS. The number of H-pyrrole nitrogens is 1. The third-order valence-electron chi connectivity index (χ3n) is 6.39. The van der Waals surface area contributed by atoms with Crippen molar-refractivity contribution in [1.82, 2.24) is 20.1 Å². The largest absolute Gasteiger partial charge is 0.372 e. The first-order valence-electron chi connectivity index (χ1n) is 12.2. The Hall–Kier alpha value is -3.42. The Morgan fingerprint density at radius 2 is 1.64 bits per heavy atom. The van der Waals surface area contributed by atoms with Crippen molar-refractivity contribution in [3.63, 3.8) is 0 Å². The number of carbonyl (C=O) groups is 1. The zero-order chi connectivity index (χ0) is 25.3. The highest BCUT2D eigenvalue weighted by Crippen LogP contribution is 2.25. The fourth-order valence-electron chi connectivity index (χ4n) is 4.29. The Kier molecular flexibility index (Phi) is 8.92. The standard InChI is InChI=1S/C28H30N4S.CH3NO/c1-20-6-7-22(16-21(20)2)18-27-29-28(31-30-27)25-10-8-24(9-11-25)26-5-3-4-23(17-26)19-32-12-14-33-15-13-32;2-1-3/h3-11,16-17H,12-15,18-19H2,1-2H3,(H,29,30,31);1H,(H2,2,3). The monoisotopic (exact) mass is 499 g/mol. The molecule has 0 aliphatic carbocycles. The van der Waals surface area contributed by atoms with Crippen LogP contribution in [0.25, 0.3) is 22.5 Å². The molecule has 0 bridgehead atoms. The number of aromatic nitrogens is 3. The quantitative estimate of drug-likeness (QED) is 0.365. The molecule has 1 aromatic heterocycles. The molecule has 1 aliphatic heterocycles. The molecule has 3 N–H and O–H groups in total. The molecule has 6 nitrogen and oxygen atoms in total. The predicted octanol–water partition coefficient (Wildman–Crippen LogP) is 5.00. The number of carbonyl (C=O) groups excluding carboxylic acids is 1. The van der Waals surface area contributed by atoms with Crippen LogP contribution in [0.3, 0.4) is 0 Å². The minimum atomic E-state index is 0.250. The molecule has 0 unspecified atom stereocenters. The number of thioether (sulfide) groups is 1. The van der Waals surface area contributed by atoms with Gasteiger partial charge in [-0.2, -0.15) is 16.9 Å². The lowest BCUT2D eigenvalue weighted by molar-refractivity contribution is -0.106. The number of hydrogen-bond donors (Lipinski definition) is 2. The molecule has 4 aromatic rings. The molecule has 0 saturated carbocycles. The summed E-state index contributed by atoms with van der Waals surface area (Å²) in [5.74, 6) is 4.13. The molecular weight excluding hydrogens is 466 g/mol. The topological polar surface area (TPSA) is 87.9 Å². The van der Waals surface area contributed by atoms with Crippen LogP contribution in [0.15, 0.2) is 66.7 Å². The summed E-state index contributed by atoms with van der Waals surface area (Å²) in [6.07, 6.45) is 1.01. The van der Waals surface area contributed by atoms with Crippen molar-refractivity contribution in [2.45, 2.75) is 26.8 Å². The summed E-state index contributed by atoms with van der Waals surface area (Å²) in [7, 11) is 0. The molecule has 0 spiro atoms. The van der Waals surface area contributed by atoms with Crippen LogP contribution in [0.2, 0.25) is 0 Å². The summed E-state index contributed by atoms with van der Waals surface area (Å²) in [5, 5.41) is 7.57. The Labute approximate surface area is 217 Å². The minimum Gasteiger partial charge on any atom is -0.372 e. The average molecular weight is 500 g/mol. The molecule has 36 heavy (non-hydrogen) atoms. The van der Waals surface area contributed by atoms with Crippen LogP contribution >= 0.6 is 11.8 Å². The van der Waals surface area contributed by atoms with Crippen LogP contribution in [0, 0.1) is 13.8 Å². The van der Waals surface area contributed by atoms with Gasteiger partial charge in [-0.05, 0) is 53.3 Å². The highest BCUT2D eigenvalue weighted by Gasteiger charge is 2.12. The summed E-state index contributed by atoms with van der Waals surface area (Å²) in [4.78, 5) is 15.9. The van der Waals surface area contributed by atoms with Crippen molar-refractivity contribution in [1.29, 1.82) is 0 Å². The van der Waals surface area contributed by atoms with Gasteiger partial charge in [0.25, 0.3) is 0 Å². The summed E-state index contributed by atoms with van der Waals surface area (Å²) in [6, 6.07) is 24.1. The van der Waals surface area contributed by atoms with E-state index in [9.17, 15) is 0 Å². The normalized spacial score (nSPS) is 13.6. The lowest BCUT2D eigenvalue weighted by Crippen LogP contribution is -2.31. The van der Waals surface area contributed by atoms with Gasteiger partial charge in [-0.15, -0.1) is 0 Å². The van der Waals surface area contributed by atoms with E-state index in [2.05, 4.69) is 113 Å². The van der Waals surface area contributed by atoms with E-state index in [4.69, 9.17) is 9.78 Å². The van der Waals surface area contributed by atoms with E-state index < -0.39 is 0 Å². The maximum Gasteiger partial charge on any atom is 0.204 e. The first-order valence-corrected chi connectivity index (χ1v) is 13.3. The van der Waals surface area contributed by atoms with Gasteiger partial charge in [0.1, 0.15) is 5.82 Å². The molecule has 186 valence electrons. The SMILES string of the molecule is Cc1ccc(Cc2nc(-c3ccc(-c4cccc(CN5CCSCC5)c4)cc3)n[nH]2)cc1C.NC=O. The van der Waals surface area contributed by atoms with Gasteiger partial charge >= 0.3 is 0 Å². The summed E-state index contributed by atoms with van der Waals surface area (Å²) >= 11 is 2.06. The molecule has 0 atom stereocenters. The minimum absolute atomic E-state index is 0.250. The van der Waals surface area contributed by atoms with Crippen LogP contribution < -0.4 is 5.73 Å². The summed E-state index contributed by atoms with van der Waals surface area (Å²) in [6.45, 7) is 7.69. The van der Waals surface area contributed by atoms with E-state index in [1.54, 1.807) is 0 Å². The number of nitrogens with zero attached hydrogens (tertiary/aromatic N) is 3. The zero-order valence-corrected chi connectivity index (χ0v) is 21.7. The molecule has 7 heteroatoms. The highest BCUT2D eigenvalue weighted by molar-refractivity contribution is 7.99. The third kappa shape index (κ3) is 6.83. The Bertz CT molecular complexity index is 1280. The van der Waals surface area contributed by atoms with Crippen LogP contribution in [-0.2, 0) is 17.8 Å². The van der Waals surface area contributed by atoms with E-state index in [1.807, 2.05) is 0 Å². The van der Waals surface area contributed by atoms with Crippen molar-refractivity contribution in [2.75, 3.05) is 24.6 Å². The fraction of sp³-hybridized carbons (Fsp3) is 0.276. The van der Waals surface area contributed by atoms with E-state index in [0.717, 1.165) is 30.2 Å². The number of benzene rings is 3. The summed E-state index contributed by atoms with van der Waals surface area (Å²) in [5.41, 5.74) is 12.9. The fourth-order valence-corrected chi connectivity index (χ4v) is 5.27. The number of hydrogen-bond acceptors (Lipinski definition) is 5. The van der Waals surface area contributed by atoms with Gasteiger partial charge in [-0.3, -0.25) is 14.8 Å². The van der Waals surface area contributed by atoms with Gasteiger partial charge in [0.15, 0.2) is 5.82 Å². The number of aryl methyl sites for hydroxylation is 2. The van der Waals surface area contributed by atoms with E-state index >= 15 is 0 Å². The lowest BCUT2D eigenvalue weighted by Gasteiger charge is -2.26. The molecule has 1 saturated heterocycles. The van der Waals surface area contributed by atoms with Gasteiger partial charge in [0.2, 0.25) is 6.41 Å². The maximum atomic E-state index is 8.58. The van der Waals surface area contributed by atoms with Crippen molar-refractivity contribution in [3.05, 3.63) is 94.8 Å². The van der Waals surface area contributed by atoms with Gasteiger partial charge in [-0.1, -0.05) is 60.7 Å². The molecule has 1 amide bonds. The summed E-state index contributed by atoms with van der Waals surface area (Å²) < 4.78 is 0. The van der Waals surface area contributed by atoms with Crippen molar-refractivity contribution >= 4 is 18.2 Å². The van der Waals surface area contributed by atoms with Gasteiger partial charge < -0.3 is 5.73 Å². The number of nitrogens with two attached hydrogens (primary N) is 1. The molecule has 1 fully saturated rings. The second kappa shape index (κ2) is 12.5. The Morgan fingerprint density at radius 1 is 0.917 bits per heavy atom. The maximum absolute atomic E-state index is 8.58. The number of amides is 1. The molecule has 2 heterocycles. The molecule has 3 aromatic carbocycles. The number of aromatic amines is 1. The molecule has 5 rings (SSSR count). The molecule has 1 aliphatic rings. The zero-order valence-electron chi connectivity index (χ0n) is 20.9. The van der Waals surface area contributed by atoms with E-state index in [0.29, 0.717) is 0 Å². The van der Waals surface area contributed by atoms with Crippen molar-refractivity contribution in [3.8, 4) is 22.5 Å². The highest BCUT2D eigenvalue weighted by atomic mass is 32.2. The average Bonchev–Trinajstić information content (AvgIpc) is 3.36. The predicted molar refractivity (Wildman–Crippen MR) is 149 cm³/mol. The van der Waals surface area contributed by atoms with Crippen LogP contribution in [0.4, 0.5) is 0 Å². The number of rotatable bonds is 6. The third-order valence-corrected chi connectivity index (χ3v) is 7.33. The molecule has 0 radical (unpaired) electrons. The second-order valence-electron chi connectivity index (χ2n) is 9.00. The van der Waals surface area contributed by atoms with Crippen molar-refractivity contribution in [2.24, 2.45) is 5.73 Å². The lowest BCUT2D eigenvalue weighted by atomic mass is 10.0.